The van der Waals surface area contributed by atoms with Gasteiger partial charge in [-0.05, 0) is 63.1 Å². The standard InChI is InChI=1S/C31H31F2N5O3/c32-23-8-2-6-19-5-1-7-21(24(19)23)26-25(33)27-22(17-34-26)28(37-15-9-20(10-16-37)29(39)40)36-30(35-27)41-18-31-11-3-13-38(31)14-4-12-31/h1-2,5-8,17,20H,3-4,9-16,18H2,(H,39,40). The molecule has 3 saturated heterocycles. The molecule has 0 spiro atoms. The number of halogens is 2. The molecule has 3 aliphatic heterocycles. The van der Waals surface area contributed by atoms with Crippen LogP contribution >= 0.6 is 0 Å². The summed E-state index contributed by atoms with van der Waals surface area (Å²) in [4.78, 5) is 29.7. The van der Waals surface area contributed by atoms with Gasteiger partial charge in [-0.2, -0.15) is 9.97 Å². The van der Waals surface area contributed by atoms with E-state index in [9.17, 15) is 14.3 Å². The van der Waals surface area contributed by atoms with Gasteiger partial charge < -0.3 is 14.7 Å². The topological polar surface area (TPSA) is 91.7 Å². The third kappa shape index (κ3) is 4.45. The van der Waals surface area contributed by atoms with Crippen LogP contribution in [0.1, 0.15) is 38.5 Å². The molecular weight excluding hydrogens is 528 g/mol. The van der Waals surface area contributed by atoms with Crippen LogP contribution in [-0.4, -0.2) is 69.3 Å². The number of hydrogen-bond acceptors (Lipinski definition) is 7. The van der Waals surface area contributed by atoms with Crippen LogP contribution in [-0.2, 0) is 4.79 Å². The van der Waals surface area contributed by atoms with Gasteiger partial charge in [0.2, 0.25) is 0 Å². The Balaban J connectivity index is 1.33. The zero-order valence-corrected chi connectivity index (χ0v) is 22.7. The minimum atomic E-state index is -0.808. The van der Waals surface area contributed by atoms with E-state index in [-0.39, 0.29) is 22.8 Å². The maximum atomic E-state index is 16.4. The summed E-state index contributed by atoms with van der Waals surface area (Å²) in [5.74, 6) is -1.88. The Morgan fingerprint density at radius 2 is 1.76 bits per heavy atom. The van der Waals surface area contributed by atoms with E-state index in [0.717, 1.165) is 38.8 Å². The van der Waals surface area contributed by atoms with Gasteiger partial charge in [0.25, 0.3) is 0 Å². The van der Waals surface area contributed by atoms with Gasteiger partial charge in [-0.1, -0.05) is 30.3 Å². The van der Waals surface area contributed by atoms with Gasteiger partial charge in [-0.25, -0.2) is 8.78 Å². The number of fused-ring (bicyclic) bond motifs is 3. The molecule has 2 aromatic carbocycles. The average molecular weight is 560 g/mol. The van der Waals surface area contributed by atoms with Crippen molar-refractivity contribution < 1.29 is 23.4 Å². The molecule has 10 heteroatoms. The number of carboxylic acid groups (broad SMARTS) is 1. The molecule has 0 atom stereocenters. The van der Waals surface area contributed by atoms with Crippen molar-refractivity contribution >= 4 is 33.5 Å². The smallest absolute Gasteiger partial charge is 0.319 e. The Morgan fingerprint density at radius 3 is 2.49 bits per heavy atom. The van der Waals surface area contributed by atoms with E-state index in [1.165, 1.54) is 12.3 Å². The zero-order chi connectivity index (χ0) is 28.1. The van der Waals surface area contributed by atoms with Crippen molar-refractivity contribution in [3.63, 3.8) is 0 Å². The number of anilines is 1. The number of ether oxygens (including phenoxy) is 1. The highest BCUT2D eigenvalue weighted by Gasteiger charge is 2.45. The summed E-state index contributed by atoms with van der Waals surface area (Å²) in [7, 11) is 0. The first kappa shape index (κ1) is 26.0. The number of piperidine rings is 1. The number of nitrogens with zero attached hydrogens (tertiary/aromatic N) is 5. The molecule has 0 saturated carbocycles. The fraction of sp³-hybridized carbons (Fsp3) is 0.419. The van der Waals surface area contributed by atoms with Crippen molar-refractivity contribution in [2.45, 2.75) is 44.1 Å². The van der Waals surface area contributed by atoms with E-state index in [1.54, 1.807) is 30.3 Å². The number of carbonyl (C=O) groups is 1. The monoisotopic (exact) mass is 559 g/mol. The second-order valence-corrected chi connectivity index (χ2v) is 11.5. The number of rotatable bonds is 6. The van der Waals surface area contributed by atoms with E-state index in [4.69, 9.17) is 9.72 Å². The zero-order valence-electron chi connectivity index (χ0n) is 22.7. The van der Waals surface area contributed by atoms with Crippen LogP contribution in [0.15, 0.2) is 42.6 Å². The molecule has 3 fully saturated rings. The number of pyridine rings is 1. The van der Waals surface area contributed by atoms with E-state index in [0.29, 0.717) is 60.1 Å². The first-order valence-electron chi connectivity index (χ1n) is 14.3. The summed E-state index contributed by atoms with van der Waals surface area (Å²) in [5.41, 5.74) is 0.359. The second-order valence-electron chi connectivity index (χ2n) is 11.5. The van der Waals surface area contributed by atoms with Gasteiger partial charge in [0, 0.05) is 30.2 Å². The number of hydrogen-bond donors (Lipinski definition) is 1. The Bertz CT molecular complexity index is 1640. The molecule has 41 heavy (non-hydrogen) atoms. The fourth-order valence-corrected chi connectivity index (χ4v) is 7.01. The molecule has 1 N–H and O–H groups in total. The van der Waals surface area contributed by atoms with Crippen LogP contribution in [0.5, 0.6) is 6.01 Å². The van der Waals surface area contributed by atoms with Gasteiger partial charge in [0.1, 0.15) is 29.5 Å². The average Bonchev–Trinajstić information content (AvgIpc) is 3.57. The lowest BCUT2D eigenvalue weighted by molar-refractivity contribution is -0.142. The Labute approximate surface area is 236 Å². The van der Waals surface area contributed by atoms with Crippen LogP contribution in [0, 0.1) is 17.6 Å². The molecule has 0 unspecified atom stereocenters. The van der Waals surface area contributed by atoms with Crippen molar-refractivity contribution in [2.75, 3.05) is 37.7 Å². The van der Waals surface area contributed by atoms with Gasteiger partial charge in [-0.15, -0.1) is 0 Å². The lowest BCUT2D eigenvalue weighted by Crippen LogP contribution is -2.43. The van der Waals surface area contributed by atoms with Gasteiger partial charge in [0.05, 0.1) is 16.8 Å². The summed E-state index contributed by atoms with van der Waals surface area (Å²) >= 11 is 0. The number of aliphatic carboxylic acids is 1. The fourth-order valence-electron chi connectivity index (χ4n) is 7.01. The Hall–Kier alpha value is -3.92. The van der Waals surface area contributed by atoms with Crippen LogP contribution in [0.2, 0.25) is 0 Å². The molecule has 5 heterocycles. The third-order valence-electron chi connectivity index (χ3n) is 9.18. The summed E-state index contributed by atoms with van der Waals surface area (Å²) in [5, 5.41) is 10.8. The number of benzene rings is 2. The minimum absolute atomic E-state index is 0.00439. The molecule has 0 aliphatic carbocycles. The van der Waals surface area contributed by atoms with Gasteiger partial charge >= 0.3 is 12.0 Å². The molecule has 7 rings (SSSR count). The van der Waals surface area contributed by atoms with Crippen LogP contribution in [0.3, 0.4) is 0 Å². The second kappa shape index (κ2) is 10.2. The molecule has 3 aliphatic rings. The molecule has 212 valence electrons. The first-order valence-corrected chi connectivity index (χ1v) is 14.3. The molecule has 8 nitrogen and oxygen atoms in total. The van der Waals surface area contributed by atoms with Crippen molar-refractivity contribution in [2.24, 2.45) is 5.92 Å². The predicted molar refractivity (Wildman–Crippen MR) is 151 cm³/mol. The molecular formula is C31H31F2N5O3. The first-order chi connectivity index (χ1) is 19.9. The number of aromatic nitrogens is 3. The maximum Gasteiger partial charge on any atom is 0.319 e. The van der Waals surface area contributed by atoms with Crippen molar-refractivity contribution in [3.05, 3.63) is 54.2 Å². The molecule has 0 bridgehead atoms. The van der Waals surface area contributed by atoms with Gasteiger partial charge in [0.15, 0.2) is 5.82 Å². The predicted octanol–water partition coefficient (Wildman–Crippen LogP) is 5.43. The quantitative estimate of drug-likeness (QED) is 0.334. The lowest BCUT2D eigenvalue weighted by atomic mass is 9.95. The molecule has 2 aromatic heterocycles. The van der Waals surface area contributed by atoms with E-state index in [1.807, 2.05) is 4.90 Å². The van der Waals surface area contributed by atoms with Crippen LogP contribution in [0.25, 0.3) is 32.9 Å². The highest BCUT2D eigenvalue weighted by molar-refractivity contribution is 5.99. The Kier molecular flexibility index (Phi) is 6.45. The van der Waals surface area contributed by atoms with Crippen molar-refractivity contribution in [3.8, 4) is 17.3 Å². The maximum absolute atomic E-state index is 16.4. The largest absolute Gasteiger partial charge is 0.481 e. The Morgan fingerprint density at radius 1 is 1.02 bits per heavy atom. The van der Waals surface area contributed by atoms with Gasteiger partial charge in [-0.3, -0.25) is 14.7 Å². The molecule has 0 radical (unpaired) electrons. The summed E-state index contributed by atoms with van der Waals surface area (Å²) in [6.07, 6.45) is 6.78. The summed E-state index contributed by atoms with van der Waals surface area (Å²) in [6.45, 7) is 3.44. The normalized spacial score (nSPS) is 19.2. The van der Waals surface area contributed by atoms with Crippen LogP contribution < -0.4 is 9.64 Å². The molecule has 0 amide bonds. The van der Waals surface area contributed by atoms with Crippen molar-refractivity contribution in [1.82, 2.24) is 19.9 Å². The van der Waals surface area contributed by atoms with E-state index >= 15 is 4.39 Å². The lowest BCUT2D eigenvalue weighted by Gasteiger charge is -2.33. The summed E-state index contributed by atoms with van der Waals surface area (Å²) < 4.78 is 37.6. The van der Waals surface area contributed by atoms with E-state index < -0.39 is 23.5 Å². The third-order valence-corrected chi connectivity index (χ3v) is 9.18. The highest BCUT2D eigenvalue weighted by atomic mass is 19.1. The highest BCUT2D eigenvalue weighted by Crippen LogP contribution is 2.40. The van der Waals surface area contributed by atoms with Crippen LogP contribution in [0.4, 0.5) is 14.6 Å². The summed E-state index contributed by atoms with van der Waals surface area (Å²) in [6, 6.07) is 10.0. The van der Waals surface area contributed by atoms with E-state index in [2.05, 4.69) is 14.9 Å². The minimum Gasteiger partial charge on any atom is -0.481 e. The van der Waals surface area contributed by atoms with Crippen molar-refractivity contribution in [1.29, 1.82) is 0 Å². The SMILES string of the molecule is O=C(O)C1CCN(c2nc(OCC34CCCN3CCC4)nc3c(F)c(-c4cccc5cccc(F)c45)ncc23)CC1. The number of carboxylic acids is 1. The molecule has 4 aromatic rings.